The Balaban J connectivity index is 1.93. The SMILES string of the molecule is COC(=O)C1(C(=O)c2ccc3c(c2)CCC3)COC1. The van der Waals surface area contributed by atoms with Crippen LogP contribution in [0.15, 0.2) is 18.2 Å². The number of methoxy groups -OCH3 is 1. The third-order valence-corrected chi connectivity index (χ3v) is 4.07. The quantitative estimate of drug-likeness (QED) is 0.470. The molecule has 0 spiro atoms. The monoisotopic (exact) mass is 260 g/mol. The van der Waals surface area contributed by atoms with E-state index in [9.17, 15) is 9.59 Å². The van der Waals surface area contributed by atoms with E-state index in [1.54, 1.807) is 0 Å². The van der Waals surface area contributed by atoms with Crippen molar-refractivity contribution in [1.82, 2.24) is 0 Å². The van der Waals surface area contributed by atoms with Crippen LogP contribution in [0.1, 0.15) is 27.9 Å². The molecule has 1 aliphatic heterocycles. The van der Waals surface area contributed by atoms with Gasteiger partial charge in [0.2, 0.25) is 0 Å². The minimum absolute atomic E-state index is 0.121. The molecule has 4 heteroatoms. The molecule has 0 radical (unpaired) electrons. The Morgan fingerprint density at radius 2 is 1.95 bits per heavy atom. The van der Waals surface area contributed by atoms with E-state index in [1.165, 1.54) is 18.2 Å². The van der Waals surface area contributed by atoms with Crippen LogP contribution in [-0.2, 0) is 27.1 Å². The van der Waals surface area contributed by atoms with Crippen molar-refractivity contribution in [2.75, 3.05) is 20.3 Å². The van der Waals surface area contributed by atoms with Crippen LogP contribution in [0.25, 0.3) is 0 Å². The number of ketones is 1. The minimum Gasteiger partial charge on any atom is -0.468 e. The highest BCUT2D eigenvalue weighted by atomic mass is 16.5. The number of carbonyl (C=O) groups is 2. The molecule has 1 aromatic carbocycles. The molecule has 1 aromatic rings. The Kier molecular flexibility index (Phi) is 2.90. The van der Waals surface area contributed by atoms with E-state index < -0.39 is 11.4 Å². The first-order valence-corrected chi connectivity index (χ1v) is 6.50. The number of carbonyl (C=O) groups excluding carboxylic acids is 2. The molecule has 3 rings (SSSR count). The third kappa shape index (κ3) is 1.78. The zero-order chi connectivity index (χ0) is 13.5. The lowest BCUT2D eigenvalue weighted by atomic mass is 9.78. The van der Waals surface area contributed by atoms with Gasteiger partial charge < -0.3 is 9.47 Å². The summed E-state index contributed by atoms with van der Waals surface area (Å²) >= 11 is 0. The summed E-state index contributed by atoms with van der Waals surface area (Å²) in [7, 11) is 1.30. The van der Waals surface area contributed by atoms with Crippen molar-refractivity contribution < 1.29 is 19.1 Å². The first kappa shape index (κ1) is 12.4. The van der Waals surface area contributed by atoms with Crippen molar-refractivity contribution >= 4 is 11.8 Å². The van der Waals surface area contributed by atoms with E-state index >= 15 is 0 Å². The summed E-state index contributed by atoms with van der Waals surface area (Å²) < 4.78 is 9.83. The van der Waals surface area contributed by atoms with Gasteiger partial charge in [0.15, 0.2) is 11.2 Å². The Bertz CT molecular complexity index is 543. The number of hydrogen-bond acceptors (Lipinski definition) is 4. The van der Waals surface area contributed by atoms with E-state index in [4.69, 9.17) is 9.47 Å². The average Bonchev–Trinajstić information content (AvgIpc) is 2.84. The highest BCUT2D eigenvalue weighted by molar-refractivity contribution is 6.13. The molecule has 0 atom stereocenters. The first-order chi connectivity index (χ1) is 9.17. The van der Waals surface area contributed by atoms with Crippen LogP contribution in [-0.4, -0.2) is 32.1 Å². The van der Waals surface area contributed by atoms with E-state index in [0.29, 0.717) is 5.56 Å². The van der Waals surface area contributed by atoms with Crippen LogP contribution in [0.5, 0.6) is 0 Å². The second kappa shape index (κ2) is 4.46. The maximum Gasteiger partial charge on any atom is 0.324 e. The van der Waals surface area contributed by atoms with Crippen molar-refractivity contribution in [3.8, 4) is 0 Å². The first-order valence-electron chi connectivity index (χ1n) is 6.50. The fraction of sp³-hybridized carbons (Fsp3) is 0.467. The lowest BCUT2D eigenvalue weighted by Crippen LogP contribution is -2.55. The van der Waals surface area contributed by atoms with Gasteiger partial charge in [-0.15, -0.1) is 0 Å². The van der Waals surface area contributed by atoms with Crippen LogP contribution >= 0.6 is 0 Å². The Hall–Kier alpha value is -1.68. The molecule has 0 aromatic heterocycles. The highest BCUT2D eigenvalue weighted by Crippen LogP contribution is 2.34. The van der Waals surface area contributed by atoms with Crippen molar-refractivity contribution in [3.05, 3.63) is 34.9 Å². The smallest absolute Gasteiger partial charge is 0.324 e. The summed E-state index contributed by atoms with van der Waals surface area (Å²) in [6.45, 7) is 0.241. The van der Waals surface area contributed by atoms with Crippen molar-refractivity contribution in [2.45, 2.75) is 19.3 Å². The van der Waals surface area contributed by atoms with Gasteiger partial charge >= 0.3 is 5.97 Å². The summed E-state index contributed by atoms with van der Waals surface area (Å²) in [6, 6.07) is 5.74. The van der Waals surface area contributed by atoms with Gasteiger partial charge in [-0.2, -0.15) is 0 Å². The predicted octanol–water partition coefficient (Wildman–Crippen LogP) is 1.55. The van der Waals surface area contributed by atoms with Gasteiger partial charge in [-0.3, -0.25) is 9.59 Å². The number of aryl methyl sites for hydroxylation is 2. The molecule has 0 N–H and O–H groups in total. The molecule has 1 heterocycles. The maximum absolute atomic E-state index is 12.6. The molecular weight excluding hydrogens is 244 g/mol. The molecule has 0 saturated carbocycles. The zero-order valence-electron chi connectivity index (χ0n) is 10.9. The topological polar surface area (TPSA) is 52.6 Å². The molecule has 100 valence electrons. The summed E-state index contributed by atoms with van der Waals surface area (Å²) in [6.07, 6.45) is 3.23. The number of hydrogen-bond donors (Lipinski definition) is 0. The summed E-state index contributed by atoms with van der Waals surface area (Å²) in [4.78, 5) is 24.4. The van der Waals surface area contributed by atoms with E-state index in [2.05, 4.69) is 0 Å². The number of esters is 1. The van der Waals surface area contributed by atoms with Crippen LogP contribution in [0.3, 0.4) is 0 Å². The van der Waals surface area contributed by atoms with E-state index in [1.807, 2.05) is 18.2 Å². The van der Waals surface area contributed by atoms with E-state index in [-0.39, 0.29) is 19.0 Å². The van der Waals surface area contributed by atoms with Gasteiger partial charge in [0.05, 0.1) is 20.3 Å². The molecule has 19 heavy (non-hydrogen) atoms. The van der Waals surface area contributed by atoms with Gasteiger partial charge in [-0.1, -0.05) is 12.1 Å². The molecule has 1 saturated heterocycles. The van der Waals surface area contributed by atoms with E-state index in [0.717, 1.165) is 19.3 Å². The molecule has 4 nitrogen and oxygen atoms in total. The molecule has 2 aliphatic rings. The van der Waals surface area contributed by atoms with Gasteiger partial charge in [-0.25, -0.2) is 0 Å². The highest BCUT2D eigenvalue weighted by Gasteiger charge is 2.54. The maximum atomic E-state index is 12.6. The van der Waals surface area contributed by atoms with Gasteiger partial charge in [0, 0.05) is 5.56 Å². The van der Waals surface area contributed by atoms with Gasteiger partial charge in [0.1, 0.15) is 0 Å². The second-order valence-electron chi connectivity index (χ2n) is 5.23. The van der Waals surface area contributed by atoms with Gasteiger partial charge in [0.25, 0.3) is 0 Å². The normalized spacial score (nSPS) is 19.4. The molecule has 0 bridgehead atoms. The predicted molar refractivity (Wildman–Crippen MR) is 68.1 cm³/mol. The number of rotatable bonds is 3. The Morgan fingerprint density at radius 3 is 2.58 bits per heavy atom. The fourth-order valence-electron chi connectivity index (χ4n) is 2.83. The van der Waals surface area contributed by atoms with Crippen LogP contribution in [0, 0.1) is 5.41 Å². The van der Waals surface area contributed by atoms with Crippen molar-refractivity contribution in [1.29, 1.82) is 0 Å². The van der Waals surface area contributed by atoms with Crippen LogP contribution < -0.4 is 0 Å². The molecular formula is C15H16O4. The van der Waals surface area contributed by atoms with Crippen LogP contribution in [0.2, 0.25) is 0 Å². The van der Waals surface area contributed by atoms with Gasteiger partial charge in [-0.05, 0) is 36.5 Å². The number of benzene rings is 1. The molecule has 1 fully saturated rings. The molecule has 0 amide bonds. The second-order valence-corrected chi connectivity index (χ2v) is 5.23. The lowest BCUT2D eigenvalue weighted by molar-refractivity contribution is -0.172. The Labute approximate surface area is 111 Å². The number of ether oxygens (including phenoxy) is 2. The minimum atomic E-state index is -1.12. The standard InChI is InChI=1S/C15H16O4/c1-18-14(17)15(8-19-9-15)13(16)12-6-5-10-3-2-4-11(10)7-12/h5-7H,2-4,8-9H2,1H3. The summed E-state index contributed by atoms with van der Waals surface area (Å²) in [5, 5.41) is 0. The third-order valence-electron chi connectivity index (χ3n) is 4.07. The molecule has 0 unspecified atom stereocenters. The number of Topliss-reactive ketones (excluding diaryl/α,β-unsaturated/α-hetero) is 1. The molecule has 1 aliphatic carbocycles. The van der Waals surface area contributed by atoms with Crippen LogP contribution in [0.4, 0.5) is 0 Å². The average molecular weight is 260 g/mol. The fourth-order valence-corrected chi connectivity index (χ4v) is 2.83. The number of fused-ring (bicyclic) bond motifs is 1. The van der Waals surface area contributed by atoms with Crippen molar-refractivity contribution in [2.24, 2.45) is 5.41 Å². The summed E-state index contributed by atoms with van der Waals surface area (Å²) in [5.41, 5.74) is 2.01. The summed E-state index contributed by atoms with van der Waals surface area (Å²) in [5.74, 6) is -0.676. The van der Waals surface area contributed by atoms with Crippen molar-refractivity contribution in [3.63, 3.8) is 0 Å². The largest absolute Gasteiger partial charge is 0.468 e. The Morgan fingerprint density at radius 1 is 1.21 bits per heavy atom. The lowest BCUT2D eigenvalue weighted by Gasteiger charge is -2.36. The zero-order valence-corrected chi connectivity index (χ0v) is 10.9.